The van der Waals surface area contributed by atoms with Gasteiger partial charge in [-0.15, -0.1) is 5.10 Å². The molecule has 0 spiro atoms. The molecule has 2 heterocycles. The van der Waals surface area contributed by atoms with Crippen LogP contribution in [0.2, 0.25) is 0 Å². The van der Waals surface area contributed by atoms with Gasteiger partial charge in [0, 0.05) is 30.7 Å². The minimum absolute atomic E-state index is 0.0300. The van der Waals surface area contributed by atoms with Crippen molar-refractivity contribution in [2.75, 3.05) is 13.1 Å². The number of hydrogen-bond acceptors (Lipinski definition) is 5. The number of amides is 1. The van der Waals surface area contributed by atoms with Gasteiger partial charge in [-0.25, -0.2) is 4.68 Å². The lowest BCUT2D eigenvalue weighted by atomic mass is 10.1. The molecule has 0 bridgehead atoms. The number of nitrogens with zero attached hydrogens (tertiary/aromatic N) is 5. The van der Waals surface area contributed by atoms with Crippen molar-refractivity contribution in [2.24, 2.45) is 0 Å². The van der Waals surface area contributed by atoms with E-state index in [9.17, 15) is 4.79 Å². The number of aromatic nitrogens is 4. The summed E-state index contributed by atoms with van der Waals surface area (Å²) in [6.45, 7) is 2.07. The van der Waals surface area contributed by atoms with E-state index >= 15 is 0 Å². The first kappa shape index (κ1) is 13.4. The minimum atomic E-state index is -0.0300. The number of carbonyl (C=O) groups is 1. The van der Waals surface area contributed by atoms with E-state index in [-0.39, 0.29) is 11.9 Å². The third-order valence-electron chi connectivity index (χ3n) is 4.34. The maximum Gasteiger partial charge on any atom is 0.251 e. The predicted molar refractivity (Wildman–Crippen MR) is 79.6 cm³/mol. The average Bonchev–Trinajstić information content (AvgIpc) is 3.06. The quantitative estimate of drug-likeness (QED) is 0.896. The maximum absolute atomic E-state index is 12.4. The highest BCUT2D eigenvalue weighted by Crippen LogP contribution is 2.29. The molecule has 7 heteroatoms. The van der Waals surface area contributed by atoms with Gasteiger partial charge < -0.3 is 5.32 Å². The van der Waals surface area contributed by atoms with Crippen molar-refractivity contribution in [3.05, 3.63) is 36.2 Å². The Bertz CT molecular complexity index is 666. The monoisotopic (exact) mass is 298 g/mol. The second-order valence-corrected chi connectivity index (χ2v) is 5.99. The lowest BCUT2D eigenvalue weighted by Gasteiger charge is -2.16. The molecule has 1 N–H and O–H groups in total. The van der Waals surface area contributed by atoms with Crippen molar-refractivity contribution in [2.45, 2.75) is 31.3 Å². The van der Waals surface area contributed by atoms with Crippen LogP contribution in [0.1, 0.15) is 29.6 Å². The second kappa shape index (κ2) is 5.49. The fraction of sp³-hybridized carbons (Fsp3) is 0.467. The van der Waals surface area contributed by atoms with E-state index in [1.54, 1.807) is 10.7 Å². The number of benzene rings is 1. The van der Waals surface area contributed by atoms with Crippen LogP contribution in [-0.2, 0) is 0 Å². The fourth-order valence-electron chi connectivity index (χ4n) is 3.01. The summed E-state index contributed by atoms with van der Waals surface area (Å²) >= 11 is 0. The van der Waals surface area contributed by atoms with E-state index in [2.05, 4.69) is 25.7 Å². The first-order valence-corrected chi connectivity index (χ1v) is 7.68. The van der Waals surface area contributed by atoms with Crippen molar-refractivity contribution in [1.82, 2.24) is 30.4 Å². The molecule has 1 saturated heterocycles. The molecule has 0 radical (unpaired) electrons. The molecular formula is C15H18N6O. The second-order valence-electron chi connectivity index (χ2n) is 5.99. The smallest absolute Gasteiger partial charge is 0.251 e. The first-order valence-electron chi connectivity index (χ1n) is 7.68. The summed E-state index contributed by atoms with van der Waals surface area (Å²) in [6.07, 6.45) is 5.18. The van der Waals surface area contributed by atoms with Gasteiger partial charge in [-0.3, -0.25) is 9.69 Å². The molecular weight excluding hydrogens is 280 g/mol. The lowest BCUT2D eigenvalue weighted by Crippen LogP contribution is -2.37. The Hall–Kier alpha value is -2.28. The minimum Gasteiger partial charge on any atom is -0.348 e. The van der Waals surface area contributed by atoms with Crippen molar-refractivity contribution < 1.29 is 4.79 Å². The highest BCUT2D eigenvalue weighted by Gasteiger charge is 2.34. The molecule has 2 fully saturated rings. The molecule has 1 atom stereocenters. The molecule has 1 amide bonds. The van der Waals surface area contributed by atoms with Crippen LogP contribution in [0, 0.1) is 0 Å². The van der Waals surface area contributed by atoms with Crippen molar-refractivity contribution in [3.63, 3.8) is 0 Å². The van der Waals surface area contributed by atoms with Gasteiger partial charge in [0.1, 0.15) is 6.33 Å². The van der Waals surface area contributed by atoms with Crippen LogP contribution in [0.4, 0.5) is 0 Å². The Morgan fingerprint density at radius 3 is 2.95 bits per heavy atom. The Kier molecular flexibility index (Phi) is 3.34. The molecule has 1 saturated carbocycles. The molecule has 1 aliphatic heterocycles. The van der Waals surface area contributed by atoms with Crippen LogP contribution in [-0.4, -0.2) is 56.2 Å². The molecule has 1 aromatic carbocycles. The Morgan fingerprint density at radius 1 is 1.27 bits per heavy atom. The molecule has 4 rings (SSSR count). The van der Waals surface area contributed by atoms with E-state index in [0.29, 0.717) is 5.56 Å². The van der Waals surface area contributed by atoms with Crippen LogP contribution < -0.4 is 5.32 Å². The number of carbonyl (C=O) groups excluding carboxylic acids is 1. The van der Waals surface area contributed by atoms with E-state index in [4.69, 9.17) is 0 Å². The zero-order chi connectivity index (χ0) is 14.9. The Labute approximate surface area is 128 Å². The summed E-state index contributed by atoms with van der Waals surface area (Å²) in [5, 5.41) is 14.2. The summed E-state index contributed by atoms with van der Waals surface area (Å²) in [7, 11) is 0. The Morgan fingerprint density at radius 2 is 2.18 bits per heavy atom. The van der Waals surface area contributed by atoms with Crippen molar-refractivity contribution >= 4 is 5.91 Å². The molecule has 22 heavy (non-hydrogen) atoms. The van der Waals surface area contributed by atoms with Gasteiger partial charge in [0.15, 0.2) is 0 Å². The molecule has 2 aromatic rings. The van der Waals surface area contributed by atoms with E-state index in [0.717, 1.165) is 31.2 Å². The topological polar surface area (TPSA) is 75.9 Å². The first-order chi connectivity index (χ1) is 10.8. The number of hydrogen-bond donors (Lipinski definition) is 1. The van der Waals surface area contributed by atoms with Gasteiger partial charge in [-0.2, -0.15) is 0 Å². The van der Waals surface area contributed by atoms with Crippen LogP contribution >= 0.6 is 0 Å². The summed E-state index contributed by atoms with van der Waals surface area (Å²) in [4.78, 5) is 14.9. The highest BCUT2D eigenvalue weighted by atomic mass is 16.1. The lowest BCUT2D eigenvalue weighted by molar-refractivity contribution is 0.0937. The maximum atomic E-state index is 12.4. The molecule has 1 aliphatic carbocycles. The third-order valence-corrected chi connectivity index (χ3v) is 4.34. The Balaban J connectivity index is 1.43. The SMILES string of the molecule is O=C(N[C@@H]1CCN(C2CC2)C1)c1cccc(-n2cnnn2)c1. The predicted octanol–water partition coefficient (Wildman–Crippen LogP) is 0.629. The summed E-state index contributed by atoms with van der Waals surface area (Å²) in [6, 6.07) is 8.36. The van der Waals surface area contributed by atoms with E-state index in [1.807, 2.05) is 18.2 Å². The largest absolute Gasteiger partial charge is 0.348 e. The van der Waals surface area contributed by atoms with Crippen molar-refractivity contribution in [1.29, 1.82) is 0 Å². The standard InChI is InChI=1S/C15H18N6O/c22-15(17-12-6-7-20(9-12)13-4-5-13)11-2-1-3-14(8-11)21-10-16-18-19-21/h1-3,8,10,12-13H,4-7,9H2,(H,17,22)/t12-/m1/s1. The summed E-state index contributed by atoms with van der Waals surface area (Å²) in [5.74, 6) is -0.0300. The molecule has 7 nitrogen and oxygen atoms in total. The number of nitrogens with one attached hydrogen (secondary N) is 1. The molecule has 114 valence electrons. The van der Waals surface area contributed by atoms with Crippen LogP contribution in [0.3, 0.4) is 0 Å². The molecule has 0 unspecified atom stereocenters. The zero-order valence-corrected chi connectivity index (χ0v) is 12.2. The molecule has 1 aromatic heterocycles. The summed E-state index contributed by atoms with van der Waals surface area (Å²) < 4.78 is 1.54. The van der Waals surface area contributed by atoms with Crippen molar-refractivity contribution in [3.8, 4) is 5.69 Å². The third kappa shape index (κ3) is 2.71. The number of likely N-dealkylation sites (tertiary alicyclic amines) is 1. The average molecular weight is 298 g/mol. The van der Waals surface area contributed by atoms with Gasteiger partial charge in [0.25, 0.3) is 5.91 Å². The van der Waals surface area contributed by atoms with Crippen LogP contribution in [0.25, 0.3) is 5.69 Å². The van der Waals surface area contributed by atoms with Gasteiger partial charge in [0.2, 0.25) is 0 Å². The van der Waals surface area contributed by atoms with Crippen LogP contribution in [0.5, 0.6) is 0 Å². The van der Waals surface area contributed by atoms with Gasteiger partial charge in [0.05, 0.1) is 5.69 Å². The summed E-state index contributed by atoms with van der Waals surface area (Å²) in [5.41, 5.74) is 1.42. The number of rotatable bonds is 4. The number of tetrazole rings is 1. The van der Waals surface area contributed by atoms with Gasteiger partial charge >= 0.3 is 0 Å². The van der Waals surface area contributed by atoms with E-state index in [1.165, 1.54) is 19.2 Å². The zero-order valence-electron chi connectivity index (χ0n) is 12.2. The highest BCUT2D eigenvalue weighted by molar-refractivity contribution is 5.94. The van der Waals surface area contributed by atoms with Gasteiger partial charge in [-0.1, -0.05) is 6.07 Å². The molecule has 2 aliphatic rings. The van der Waals surface area contributed by atoms with E-state index < -0.39 is 0 Å². The fourth-order valence-corrected chi connectivity index (χ4v) is 3.01. The normalized spacial score (nSPS) is 21.9. The van der Waals surface area contributed by atoms with Crippen LogP contribution in [0.15, 0.2) is 30.6 Å². The van der Waals surface area contributed by atoms with Gasteiger partial charge in [-0.05, 0) is 47.9 Å².